The van der Waals surface area contributed by atoms with Crippen LogP contribution in [0, 0.1) is 26.7 Å². The minimum atomic E-state index is -3.62. The predicted molar refractivity (Wildman–Crippen MR) is 126 cm³/mol. The maximum absolute atomic E-state index is 12.9. The molecule has 4 rings (SSSR count). The number of hydrogen-bond donors (Lipinski definition) is 1. The lowest BCUT2D eigenvalue weighted by molar-refractivity contribution is -0.120. The molecule has 0 radical (unpaired) electrons. The number of fused-ring (bicyclic) bond motifs is 1. The first kappa shape index (κ1) is 22.5. The summed E-state index contributed by atoms with van der Waals surface area (Å²) in [5, 5.41) is 2.86. The fraction of sp³-hybridized carbons (Fsp3) is 0.440. The third kappa shape index (κ3) is 4.44. The average Bonchev–Trinajstić information content (AvgIpc) is 3.50. The van der Waals surface area contributed by atoms with Crippen molar-refractivity contribution in [1.82, 2.24) is 0 Å². The van der Waals surface area contributed by atoms with Gasteiger partial charge in [-0.05, 0) is 81.8 Å². The van der Waals surface area contributed by atoms with Crippen molar-refractivity contribution in [2.75, 3.05) is 16.0 Å². The number of carbonyl (C=O) groups excluding carboxylic acids is 2. The monoisotopic (exact) mass is 454 g/mol. The molecule has 32 heavy (non-hydrogen) atoms. The van der Waals surface area contributed by atoms with Gasteiger partial charge >= 0.3 is 0 Å². The van der Waals surface area contributed by atoms with Crippen molar-refractivity contribution in [3.05, 3.63) is 52.6 Å². The summed E-state index contributed by atoms with van der Waals surface area (Å²) in [6.07, 6.45) is 2.40. The summed E-state index contributed by atoms with van der Waals surface area (Å²) in [7, 11) is -3.62. The van der Waals surface area contributed by atoms with Crippen LogP contribution in [0.5, 0.6) is 0 Å². The number of nitrogens with one attached hydrogen (secondary N) is 1. The zero-order valence-electron chi connectivity index (χ0n) is 19.1. The van der Waals surface area contributed by atoms with Crippen LogP contribution in [0.4, 0.5) is 11.4 Å². The van der Waals surface area contributed by atoms with Gasteiger partial charge in [-0.25, -0.2) is 8.42 Å². The van der Waals surface area contributed by atoms with E-state index in [0.29, 0.717) is 6.42 Å². The third-order valence-corrected chi connectivity index (χ3v) is 8.04. The maximum atomic E-state index is 12.9. The van der Waals surface area contributed by atoms with Crippen molar-refractivity contribution < 1.29 is 18.0 Å². The lowest BCUT2D eigenvalue weighted by atomic mass is 10.1. The second-order valence-corrected chi connectivity index (χ2v) is 11.3. The molecule has 2 aromatic rings. The molecule has 1 N–H and O–H groups in total. The first-order chi connectivity index (χ1) is 15.1. The van der Waals surface area contributed by atoms with Crippen LogP contribution in [0.1, 0.15) is 48.4 Å². The molecule has 1 aliphatic heterocycles. The van der Waals surface area contributed by atoms with Crippen LogP contribution < -0.4 is 10.2 Å². The van der Waals surface area contributed by atoms with Gasteiger partial charge in [-0.15, -0.1) is 0 Å². The molecule has 7 heteroatoms. The molecule has 0 spiro atoms. The van der Waals surface area contributed by atoms with Crippen molar-refractivity contribution in [2.45, 2.75) is 64.3 Å². The minimum absolute atomic E-state index is 0.0304. The first-order valence-corrected chi connectivity index (χ1v) is 12.8. The van der Waals surface area contributed by atoms with E-state index in [1.54, 1.807) is 18.2 Å². The molecule has 1 fully saturated rings. The summed E-state index contributed by atoms with van der Waals surface area (Å²) in [6.45, 7) is 7.84. The molecule has 1 saturated carbocycles. The van der Waals surface area contributed by atoms with Crippen molar-refractivity contribution in [2.24, 2.45) is 5.92 Å². The van der Waals surface area contributed by atoms with Gasteiger partial charge < -0.3 is 10.2 Å². The number of aryl methyl sites for hydroxylation is 3. The molecule has 6 nitrogen and oxygen atoms in total. The lowest BCUT2D eigenvalue weighted by Crippen LogP contribution is -2.36. The zero-order chi connectivity index (χ0) is 23.2. The Balaban J connectivity index is 1.45. The number of sulfone groups is 1. The normalized spacial score (nSPS) is 17.9. The number of hydrogen-bond acceptors (Lipinski definition) is 4. The summed E-state index contributed by atoms with van der Waals surface area (Å²) >= 11 is 0. The number of benzene rings is 2. The smallest absolute Gasteiger partial charge is 0.230 e. The number of nitrogens with zero attached hydrogens (tertiary/aromatic N) is 1. The molecular weight excluding hydrogens is 424 g/mol. The second kappa shape index (κ2) is 8.35. The van der Waals surface area contributed by atoms with Gasteiger partial charge in [0, 0.05) is 29.8 Å². The Morgan fingerprint density at radius 1 is 1.06 bits per heavy atom. The molecular formula is C25H30N2O4S. The fourth-order valence-corrected chi connectivity index (χ4v) is 5.87. The van der Waals surface area contributed by atoms with Crippen LogP contribution in [0.3, 0.4) is 0 Å². The van der Waals surface area contributed by atoms with Crippen LogP contribution in [-0.4, -0.2) is 32.0 Å². The molecule has 0 aromatic heterocycles. The van der Waals surface area contributed by atoms with E-state index in [-0.39, 0.29) is 40.8 Å². The largest absolute Gasteiger partial charge is 0.326 e. The fourth-order valence-electron chi connectivity index (χ4n) is 4.59. The first-order valence-electron chi connectivity index (χ1n) is 11.1. The van der Waals surface area contributed by atoms with E-state index in [4.69, 9.17) is 0 Å². The van der Waals surface area contributed by atoms with Gasteiger partial charge in [-0.3, -0.25) is 9.59 Å². The number of carbonyl (C=O) groups is 2. The van der Waals surface area contributed by atoms with E-state index in [2.05, 4.69) is 5.32 Å². The summed E-state index contributed by atoms with van der Waals surface area (Å²) in [5.74, 6) is -0.321. The molecule has 2 amide bonds. The Morgan fingerprint density at radius 2 is 1.72 bits per heavy atom. The second-order valence-electron chi connectivity index (χ2n) is 9.22. The maximum Gasteiger partial charge on any atom is 0.230 e. The van der Waals surface area contributed by atoms with Crippen molar-refractivity contribution in [3.8, 4) is 0 Å². The average molecular weight is 455 g/mol. The molecule has 0 saturated heterocycles. The Labute approximate surface area is 189 Å². The van der Waals surface area contributed by atoms with E-state index in [9.17, 15) is 18.0 Å². The number of rotatable bonds is 6. The van der Waals surface area contributed by atoms with Crippen LogP contribution in [-0.2, 0) is 25.8 Å². The van der Waals surface area contributed by atoms with Gasteiger partial charge in [0.1, 0.15) is 0 Å². The Morgan fingerprint density at radius 3 is 2.34 bits per heavy atom. The number of amides is 2. The van der Waals surface area contributed by atoms with E-state index >= 15 is 0 Å². The third-order valence-electron chi connectivity index (χ3n) is 6.33. The highest BCUT2D eigenvalue weighted by Gasteiger charge is 2.39. The molecule has 1 aliphatic carbocycles. The van der Waals surface area contributed by atoms with Crippen molar-refractivity contribution in [3.63, 3.8) is 0 Å². The molecule has 0 unspecified atom stereocenters. The SMILES string of the molecule is Cc1cc(C)c(NC(=O)CCS(=O)(=O)c2ccc3c(c2)C[C@@H](C)N3C(=O)C2CC2)c(C)c1. The van der Waals surface area contributed by atoms with Crippen LogP contribution in [0.2, 0.25) is 0 Å². The van der Waals surface area contributed by atoms with E-state index in [0.717, 1.165) is 46.5 Å². The van der Waals surface area contributed by atoms with Gasteiger partial charge in [0.2, 0.25) is 11.8 Å². The summed E-state index contributed by atoms with van der Waals surface area (Å²) in [4.78, 5) is 27.1. The van der Waals surface area contributed by atoms with Gasteiger partial charge in [0.05, 0.1) is 10.6 Å². The van der Waals surface area contributed by atoms with E-state index in [1.807, 2.05) is 44.7 Å². The Kier molecular flexibility index (Phi) is 5.88. The van der Waals surface area contributed by atoms with Crippen LogP contribution in [0.25, 0.3) is 0 Å². The summed E-state index contributed by atoms with van der Waals surface area (Å²) in [6, 6.07) is 8.98. The highest BCUT2D eigenvalue weighted by atomic mass is 32.2. The van der Waals surface area contributed by atoms with Gasteiger partial charge in [0.25, 0.3) is 0 Å². The van der Waals surface area contributed by atoms with Gasteiger partial charge in [-0.1, -0.05) is 17.7 Å². The molecule has 2 aromatic carbocycles. The minimum Gasteiger partial charge on any atom is -0.326 e. The predicted octanol–water partition coefficient (Wildman–Crippen LogP) is 4.10. The topological polar surface area (TPSA) is 83.6 Å². The van der Waals surface area contributed by atoms with E-state index in [1.165, 1.54) is 0 Å². The van der Waals surface area contributed by atoms with Gasteiger partial charge in [0.15, 0.2) is 9.84 Å². The molecule has 0 bridgehead atoms. The Hall–Kier alpha value is -2.67. The summed E-state index contributed by atoms with van der Waals surface area (Å²) < 4.78 is 25.8. The van der Waals surface area contributed by atoms with Gasteiger partial charge in [-0.2, -0.15) is 0 Å². The zero-order valence-corrected chi connectivity index (χ0v) is 19.9. The Bertz CT molecular complexity index is 1180. The van der Waals surface area contributed by atoms with Crippen LogP contribution >= 0.6 is 0 Å². The molecule has 2 aliphatic rings. The van der Waals surface area contributed by atoms with Crippen molar-refractivity contribution >= 4 is 33.0 Å². The van der Waals surface area contributed by atoms with E-state index < -0.39 is 9.84 Å². The highest BCUT2D eigenvalue weighted by Crippen LogP contribution is 2.39. The highest BCUT2D eigenvalue weighted by molar-refractivity contribution is 7.91. The lowest BCUT2D eigenvalue weighted by Gasteiger charge is -2.22. The molecule has 1 heterocycles. The number of anilines is 2. The summed E-state index contributed by atoms with van der Waals surface area (Å²) in [5.41, 5.74) is 5.46. The standard InChI is InChI=1S/C25H30N2O4S/c1-15-11-16(2)24(17(3)12-15)26-23(28)9-10-32(30,31)21-7-8-22-20(14-21)13-18(4)27(22)25(29)19-5-6-19/h7-8,11-12,14,18-19H,5-6,9-10,13H2,1-4H3,(H,26,28)/t18-/m1/s1. The quantitative estimate of drug-likeness (QED) is 0.712. The van der Waals surface area contributed by atoms with Crippen LogP contribution in [0.15, 0.2) is 35.2 Å². The van der Waals surface area contributed by atoms with Crippen molar-refractivity contribution in [1.29, 1.82) is 0 Å². The molecule has 1 atom stereocenters. The molecule has 170 valence electrons.